The SMILES string of the molecule is O=C(CBr)OC12CC3CC(C1)CC(OC(=O)CBr)(C3)C2. The van der Waals surface area contributed by atoms with Crippen molar-refractivity contribution in [2.75, 3.05) is 10.7 Å². The maximum absolute atomic E-state index is 11.7. The molecule has 20 heavy (non-hydrogen) atoms. The van der Waals surface area contributed by atoms with Crippen LogP contribution >= 0.6 is 31.9 Å². The van der Waals surface area contributed by atoms with Crippen LogP contribution in [-0.4, -0.2) is 33.8 Å². The predicted octanol–water partition coefficient (Wildman–Crippen LogP) is 2.95. The van der Waals surface area contributed by atoms with Crippen LogP contribution in [0.5, 0.6) is 0 Å². The first-order valence-electron chi connectivity index (χ1n) is 7.04. The molecule has 0 N–H and O–H groups in total. The van der Waals surface area contributed by atoms with Gasteiger partial charge < -0.3 is 9.47 Å². The molecule has 4 bridgehead atoms. The summed E-state index contributed by atoms with van der Waals surface area (Å²) in [6.07, 6.45) is 5.56. The molecule has 6 heteroatoms. The topological polar surface area (TPSA) is 52.6 Å². The molecule has 0 spiro atoms. The molecule has 0 aliphatic heterocycles. The van der Waals surface area contributed by atoms with Gasteiger partial charge in [0.15, 0.2) is 0 Å². The van der Waals surface area contributed by atoms with Crippen LogP contribution in [0.2, 0.25) is 0 Å². The molecule has 4 fully saturated rings. The Hall–Kier alpha value is -0.100. The molecule has 0 amide bonds. The standard InChI is InChI=1S/C14H18Br2O4/c15-6-11(17)19-13-2-9-1-10(4-13)5-14(3-9,8-13)20-12(18)7-16/h9-10H,1-8H2. The lowest BCUT2D eigenvalue weighted by atomic mass is 9.52. The van der Waals surface area contributed by atoms with Gasteiger partial charge in [0.25, 0.3) is 0 Å². The van der Waals surface area contributed by atoms with Crippen molar-refractivity contribution in [2.24, 2.45) is 11.8 Å². The average molecular weight is 410 g/mol. The molecule has 0 atom stereocenters. The summed E-state index contributed by atoms with van der Waals surface area (Å²) in [5.41, 5.74) is -0.803. The lowest BCUT2D eigenvalue weighted by Gasteiger charge is -2.60. The highest BCUT2D eigenvalue weighted by atomic mass is 79.9. The average Bonchev–Trinajstić information content (AvgIpc) is 2.35. The highest BCUT2D eigenvalue weighted by molar-refractivity contribution is 9.09. The molecule has 0 unspecified atom stereocenters. The minimum absolute atomic E-state index is 0.214. The van der Waals surface area contributed by atoms with Gasteiger partial charge in [0.2, 0.25) is 0 Å². The van der Waals surface area contributed by atoms with E-state index in [2.05, 4.69) is 31.9 Å². The monoisotopic (exact) mass is 408 g/mol. The second kappa shape index (κ2) is 5.27. The number of hydrogen-bond acceptors (Lipinski definition) is 4. The number of halogens is 2. The van der Waals surface area contributed by atoms with Crippen LogP contribution < -0.4 is 0 Å². The van der Waals surface area contributed by atoms with Gasteiger partial charge in [-0.15, -0.1) is 0 Å². The lowest BCUT2D eigenvalue weighted by molar-refractivity contribution is -0.228. The van der Waals surface area contributed by atoms with Gasteiger partial charge in [0, 0.05) is 6.42 Å². The molecule has 4 aliphatic carbocycles. The second-order valence-electron chi connectivity index (χ2n) is 6.54. The predicted molar refractivity (Wildman–Crippen MR) is 79.9 cm³/mol. The zero-order valence-corrected chi connectivity index (χ0v) is 14.4. The summed E-state index contributed by atoms with van der Waals surface area (Å²) in [5.74, 6) is 0.604. The Labute approximate surface area is 135 Å². The maximum atomic E-state index is 11.7. The van der Waals surface area contributed by atoms with Gasteiger partial charge in [0.05, 0.1) is 0 Å². The smallest absolute Gasteiger partial charge is 0.317 e. The molecule has 4 rings (SSSR count). The van der Waals surface area contributed by atoms with Gasteiger partial charge in [-0.05, 0) is 43.9 Å². The fourth-order valence-electron chi connectivity index (χ4n) is 4.87. The fraction of sp³-hybridized carbons (Fsp3) is 0.857. The summed E-state index contributed by atoms with van der Waals surface area (Å²) >= 11 is 6.31. The van der Waals surface area contributed by atoms with Crippen molar-refractivity contribution in [1.29, 1.82) is 0 Å². The molecule has 0 aromatic heterocycles. The van der Waals surface area contributed by atoms with Gasteiger partial charge >= 0.3 is 11.9 Å². The minimum Gasteiger partial charge on any atom is -0.458 e. The van der Waals surface area contributed by atoms with E-state index < -0.39 is 11.2 Å². The number of esters is 2. The van der Waals surface area contributed by atoms with Crippen molar-refractivity contribution in [2.45, 2.75) is 49.7 Å². The third kappa shape index (κ3) is 2.65. The Kier molecular flexibility index (Phi) is 3.91. The van der Waals surface area contributed by atoms with E-state index in [0.717, 1.165) is 25.7 Å². The fourth-order valence-corrected chi connectivity index (χ4v) is 5.10. The van der Waals surface area contributed by atoms with Gasteiger partial charge in [-0.3, -0.25) is 9.59 Å². The van der Waals surface area contributed by atoms with E-state index in [-0.39, 0.29) is 22.6 Å². The zero-order valence-electron chi connectivity index (χ0n) is 11.2. The van der Waals surface area contributed by atoms with Crippen LogP contribution in [0.25, 0.3) is 0 Å². The Morgan fingerprint density at radius 3 is 1.65 bits per heavy atom. The molecular formula is C14H18Br2O4. The van der Waals surface area contributed by atoms with E-state index in [9.17, 15) is 9.59 Å². The third-order valence-corrected chi connectivity index (χ3v) is 5.75. The normalized spacial score (nSPS) is 41.5. The van der Waals surface area contributed by atoms with Gasteiger partial charge in [-0.1, -0.05) is 31.9 Å². The number of carbonyl (C=O) groups is 2. The van der Waals surface area contributed by atoms with Crippen molar-refractivity contribution < 1.29 is 19.1 Å². The molecule has 0 saturated heterocycles. The van der Waals surface area contributed by atoms with Gasteiger partial charge in [-0.25, -0.2) is 0 Å². The van der Waals surface area contributed by atoms with E-state index in [4.69, 9.17) is 9.47 Å². The number of hydrogen-bond donors (Lipinski definition) is 0. The Morgan fingerprint density at radius 2 is 1.30 bits per heavy atom. The molecule has 4 saturated carbocycles. The zero-order chi connectivity index (χ0) is 14.4. The summed E-state index contributed by atoms with van der Waals surface area (Å²) < 4.78 is 11.5. The molecule has 4 nitrogen and oxygen atoms in total. The number of alkyl halides is 2. The van der Waals surface area contributed by atoms with Crippen LogP contribution in [0.15, 0.2) is 0 Å². The quantitative estimate of drug-likeness (QED) is 0.529. The minimum atomic E-state index is -0.401. The van der Waals surface area contributed by atoms with E-state index in [1.165, 1.54) is 6.42 Å². The first-order chi connectivity index (χ1) is 9.48. The number of rotatable bonds is 4. The largest absolute Gasteiger partial charge is 0.458 e. The first-order valence-corrected chi connectivity index (χ1v) is 9.28. The van der Waals surface area contributed by atoms with Crippen molar-refractivity contribution in [3.8, 4) is 0 Å². The van der Waals surface area contributed by atoms with Gasteiger partial charge in [0.1, 0.15) is 21.9 Å². The van der Waals surface area contributed by atoms with Crippen molar-refractivity contribution >= 4 is 43.8 Å². The summed E-state index contributed by atoms with van der Waals surface area (Å²) in [6, 6.07) is 0. The van der Waals surface area contributed by atoms with Crippen molar-refractivity contribution in [3.05, 3.63) is 0 Å². The first kappa shape index (κ1) is 14.8. The van der Waals surface area contributed by atoms with Crippen LogP contribution in [0.3, 0.4) is 0 Å². The highest BCUT2D eigenvalue weighted by Crippen LogP contribution is 2.60. The van der Waals surface area contributed by atoms with Crippen LogP contribution in [-0.2, 0) is 19.1 Å². The van der Waals surface area contributed by atoms with Crippen LogP contribution in [0.1, 0.15) is 38.5 Å². The highest BCUT2D eigenvalue weighted by Gasteiger charge is 2.61. The van der Waals surface area contributed by atoms with E-state index >= 15 is 0 Å². The summed E-state index contributed by atoms with van der Waals surface area (Å²) in [4.78, 5) is 23.4. The van der Waals surface area contributed by atoms with E-state index in [1.54, 1.807) is 0 Å². The lowest BCUT2D eigenvalue weighted by Crippen LogP contribution is -2.61. The molecule has 112 valence electrons. The van der Waals surface area contributed by atoms with Crippen molar-refractivity contribution in [1.82, 2.24) is 0 Å². The molecule has 0 aromatic carbocycles. The van der Waals surface area contributed by atoms with Crippen LogP contribution in [0.4, 0.5) is 0 Å². The summed E-state index contributed by atoms with van der Waals surface area (Å²) in [7, 11) is 0. The third-order valence-electron chi connectivity index (χ3n) is 4.83. The summed E-state index contributed by atoms with van der Waals surface area (Å²) in [6.45, 7) is 0. The molecule has 4 aliphatic rings. The molecule has 0 radical (unpaired) electrons. The number of carbonyl (C=O) groups excluding carboxylic acids is 2. The van der Waals surface area contributed by atoms with Crippen molar-refractivity contribution in [3.63, 3.8) is 0 Å². The van der Waals surface area contributed by atoms with Gasteiger partial charge in [-0.2, -0.15) is 0 Å². The molecule has 0 heterocycles. The Morgan fingerprint density at radius 1 is 0.900 bits per heavy atom. The Balaban J connectivity index is 1.81. The second-order valence-corrected chi connectivity index (χ2v) is 7.66. The summed E-state index contributed by atoms with van der Waals surface area (Å²) in [5, 5.41) is 0.441. The molecule has 0 aromatic rings. The Bertz CT molecular complexity index is 387. The van der Waals surface area contributed by atoms with E-state index in [1.807, 2.05) is 0 Å². The van der Waals surface area contributed by atoms with Crippen LogP contribution in [0, 0.1) is 11.8 Å². The number of ether oxygens (including phenoxy) is 2. The van der Waals surface area contributed by atoms with E-state index in [0.29, 0.717) is 18.3 Å². The molecular weight excluding hydrogens is 392 g/mol. The maximum Gasteiger partial charge on any atom is 0.317 e.